The summed E-state index contributed by atoms with van der Waals surface area (Å²) in [4.78, 5) is 0. The van der Waals surface area contributed by atoms with Gasteiger partial charge in [0.25, 0.3) is 0 Å². The van der Waals surface area contributed by atoms with Gasteiger partial charge < -0.3 is 10.6 Å². The van der Waals surface area contributed by atoms with E-state index in [1.54, 1.807) is 0 Å². The zero-order valence-corrected chi connectivity index (χ0v) is 14.7. The third-order valence-corrected chi connectivity index (χ3v) is 6.00. The molecule has 0 amide bonds. The Morgan fingerprint density at radius 2 is 2.00 bits per heavy atom. The van der Waals surface area contributed by atoms with E-state index in [9.17, 15) is 0 Å². The van der Waals surface area contributed by atoms with Crippen LogP contribution in [0.1, 0.15) is 40.3 Å². The Labute approximate surface area is 150 Å². The first-order valence-electron chi connectivity index (χ1n) is 9.27. The Morgan fingerprint density at radius 3 is 2.88 bits per heavy atom. The van der Waals surface area contributed by atoms with Crippen molar-refractivity contribution in [2.24, 2.45) is 0 Å². The number of allylic oxidation sites excluding steroid dienone is 1. The predicted octanol–water partition coefficient (Wildman–Crippen LogP) is 3.55. The standard InChI is InChI=1S/C22H23BN2/c1-14(2)19-5-3-4-15-9-22-23(10-20(15)19)11-21(25-22)16-6-7-17-12-24-13-18(17)8-16/h3-8,11,22,24-25H,1,9-10,12-13H2,2H3. The molecule has 1 unspecified atom stereocenters. The molecular weight excluding hydrogens is 303 g/mol. The van der Waals surface area contributed by atoms with Gasteiger partial charge in [-0.1, -0.05) is 48.5 Å². The second kappa shape index (κ2) is 5.64. The van der Waals surface area contributed by atoms with Crippen LogP contribution in [0.2, 0.25) is 0 Å². The fourth-order valence-electron chi connectivity index (χ4n) is 4.67. The molecular formula is C22H23BN2. The number of benzene rings is 2. The van der Waals surface area contributed by atoms with Gasteiger partial charge in [0, 0.05) is 24.7 Å². The van der Waals surface area contributed by atoms with Crippen molar-refractivity contribution < 1.29 is 0 Å². The zero-order chi connectivity index (χ0) is 17.0. The Hall–Kier alpha value is -2.26. The smallest absolute Gasteiger partial charge is 0.199 e. The Kier molecular flexibility index (Phi) is 3.39. The van der Waals surface area contributed by atoms with E-state index in [2.05, 4.69) is 66.5 Å². The molecule has 0 aromatic heterocycles. The van der Waals surface area contributed by atoms with Gasteiger partial charge in [-0.15, -0.1) is 0 Å². The molecule has 0 saturated heterocycles. The van der Waals surface area contributed by atoms with Crippen molar-refractivity contribution >= 4 is 18.0 Å². The highest BCUT2D eigenvalue weighted by atomic mass is 14.9. The summed E-state index contributed by atoms with van der Waals surface area (Å²) in [5.74, 6) is 2.99. The minimum absolute atomic E-state index is 0.522. The normalized spacial score (nSPS) is 20.4. The number of hydrogen-bond acceptors (Lipinski definition) is 2. The third kappa shape index (κ3) is 2.46. The van der Waals surface area contributed by atoms with Crippen molar-refractivity contribution in [3.63, 3.8) is 0 Å². The van der Waals surface area contributed by atoms with Gasteiger partial charge in [-0.3, -0.25) is 0 Å². The molecule has 5 rings (SSSR count). The zero-order valence-electron chi connectivity index (χ0n) is 14.7. The quantitative estimate of drug-likeness (QED) is 0.825. The average molecular weight is 326 g/mol. The second-order valence-electron chi connectivity index (χ2n) is 7.71. The average Bonchev–Trinajstić information content (AvgIpc) is 3.24. The minimum atomic E-state index is 0.522. The van der Waals surface area contributed by atoms with Crippen LogP contribution in [0.5, 0.6) is 0 Å². The molecule has 1 atom stereocenters. The number of nitrogens with one attached hydrogen (secondary N) is 2. The highest BCUT2D eigenvalue weighted by Crippen LogP contribution is 2.33. The highest BCUT2D eigenvalue weighted by Gasteiger charge is 2.36. The van der Waals surface area contributed by atoms with Gasteiger partial charge in [0.1, 0.15) is 0 Å². The molecule has 2 aromatic carbocycles. The molecule has 124 valence electrons. The summed E-state index contributed by atoms with van der Waals surface area (Å²) in [5, 5.41) is 7.24. The summed E-state index contributed by atoms with van der Waals surface area (Å²) >= 11 is 0. The van der Waals surface area contributed by atoms with Crippen LogP contribution in [0.15, 0.2) is 49.0 Å². The van der Waals surface area contributed by atoms with E-state index >= 15 is 0 Å². The lowest BCUT2D eigenvalue weighted by Crippen LogP contribution is -2.42. The summed E-state index contributed by atoms with van der Waals surface area (Å²) < 4.78 is 0. The van der Waals surface area contributed by atoms with Crippen molar-refractivity contribution in [1.82, 2.24) is 10.6 Å². The molecule has 2 N–H and O–H groups in total. The predicted molar refractivity (Wildman–Crippen MR) is 106 cm³/mol. The maximum Gasteiger partial charge on any atom is 0.199 e. The van der Waals surface area contributed by atoms with Crippen LogP contribution in [-0.4, -0.2) is 12.7 Å². The molecule has 3 heterocycles. The molecule has 0 saturated carbocycles. The molecule has 2 aromatic rings. The Morgan fingerprint density at radius 1 is 1.12 bits per heavy atom. The summed E-state index contributed by atoms with van der Waals surface area (Å²) in [6.45, 7) is 8.88. The van der Waals surface area contributed by atoms with Gasteiger partial charge in [-0.05, 0) is 59.1 Å². The van der Waals surface area contributed by atoms with Crippen molar-refractivity contribution in [2.45, 2.75) is 38.7 Å². The first kappa shape index (κ1) is 15.0. The molecule has 3 heteroatoms. The number of fused-ring (bicyclic) bond motifs is 3. The van der Waals surface area contributed by atoms with E-state index in [1.807, 2.05) is 0 Å². The van der Waals surface area contributed by atoms with Crippen LogP contribution in [0.25, 0.3) is 11.3 Å². The third-order valence-electron chi connectivity index (χ3n) is 6.00. The summed E-state index contributed by atoms with van der Waals surface area (Å²) in [6, 6.07) is 13.6. The van der Waals surface area contributed by atoms with Crippen LogP contribution < -0.4 is 10.6 Å². The molecule has 0 spiro atoms. The minimum Gasteiger partial charge on any atom is -0.389 e. The van der Waals surface area contributed by atoms with Gasteiger partial charge in [0.2, 0.25) is 0 Å². The van der Waals surface area contributed by atoms with E-state index in [1.165, 1.54) is 44.7 Å². The van der Waals surface area contributed by atoms with Crippen molar-refractivity contribution in [3.8, 4) is 0 Å². The van der Waals surface area contributed by atoms with Gasteiger partial charge in [0.05, 0.1) is 0 Å². The van der Waals surface area contributed by atoms with Gasteiger partial charge in [-0.2, -0.15) is 0 Å². The number of rotatable bonds is 2. The van der Waals surface area contributed by atoms with E-state index < -0.39 is 0 Å². The summed E-state index contributed by atoms with van der Waals surface area (Å²) in [5.41, 5.74) is 11.1. The SMILES string of the molecule is C=C(C)c1cccc2c1CB1C=C(c3ccc4c(c3)CNC4)NC1C2. The summed E-state index contributed by atoms with van der Waals surface area (Å²) in [7, 11) is 0. The fraction of sp³-hybridized carbons (Fsp3) is 0.273. The topological polar surface area (TPSA) is 24.1 Å². The first-order valence-corrected chi connectivity index (χ1v) is 9.27. The van der Waals surface area contributed by atoms with E-state index in [4.69, 9.17) is 0 Å². The summed E-state index contributed by atoms with van der Waals surface area (Å²) in [6.07, 6.45) is 2.22. The monoisotopic (exact) mass is 326 g/mol. The van der Waals surface area contributed by atoms with E-state index in [0.29, 0.717) is 12.7 Å². The maximum atomic E-state index is 4.18. The van der Waals surface area contributed by atoms with E-state index in [-0.39, 0.29) is 0 Å². The van der Waals surface area contributed by atoms with Gasteiger partial charge in [-0.25, -0.2) is 0 Å². The van der Waals surface area contributed by atoms with Crippen LogP contribution in [0.3, 0.4) is 0 Å². The largest absolute Gasteiger partial charge is 0.389 e. The van der Waals surface area contributed by atoms with Gasteiger partial charge in [0.15, 0.2) is 6.71 Å². The van der Waals surface area contributed by atoms with Crippen molar-refractivity contribution in [2.75, 3.05) is 0 Å². The molecule has 0 bridgehead atoms. The Balaban J connectivity index is 1.46. The Bertz CT molecular complexity index is 912. The van der Waals surface area contributed by atoms with Crippen LogP contribution in [0.4, 0.5) is 0 Å². The van der Waals surface area contributed by atoms with Crippen molar-refractivity contribution in [3.05, 3.63) is 82.3 Å². The van der Waals surface area contributed by atoms with Crippen LogP contribution in [-0.2, 0) is 25.8 Å². The van der Waals surface area contributed by atoms with Gasteiger partial charge >= 0.3 is 0 Å². The maximum absolute atomic E-state index is 4.18. The molecule has 0 radical (unpaired) electrons. The molecule has 3 aliphatic rings. The molecule has 25 heavy (non-hydrogen) atoms. The van der Waals surface area contributed by atoms with Crippen LogP contribution in [0, 0.1) is 0 Å². The molecule has 2 nitrogen and oxygen atoms in total. The first-order chi connectivity index (χ1) is 12.2. The van der Waals surface area contributed by atoms with E-state index in [0.717, 1.165) is 25.8 Å². The molecule has 0 aliphatic carbocycles. The lowest BCUT2D eigenvalue weighted by Gasteiger charge is -2.28. The highest BCUT2D eigenvalue weighted by molar-refractivity contribution is 6.68. The second-order valence-corrected chi connectivity index (χ2v) is 7.71. The number of hydrogen-bond donors (Lipinski definition) is 2. The molecule has 0 fully saturated rings. The lowest BCUT2D eigenvalue weighted by molar-refractivity contribution is 0.748. The van der Waals surface area contributed by atoms with Crippen molar-refractivity contribution in [1.29, 1.82) is 0 Å². The molecule has 3 aliphatic heterocycles. The lowest BCUT2D eigenvalue weighted by atomic mass is 9.39. The van der Waals surface area contributed by atoms with Crippen LogP contribution >= 0.6 is 0 Å². The fourth-order valence-corrected chi connectivity index (χ4v) is 4.67.